The first-order valence-electron chi connectivity index (χ1n) is 4.79. The van der Waals surface area contributed by atoms with E-state index >= 15 is 0 Å². The number of imidazole rings is 1. The Morgan fingerprint density at radius 1 is 1.38 bits per heavy atom. The first-order valence-corrected chi connectivity index (χ1v) is 4.79. The largest absolute Gasteiger partial charge is 0.495 e. The number of rotatable bonds is 2. The minimum Gasteiger partial charge on any atom is -0.495 e. The number of aromatic hydroxyl groups is 1. The average Bonchev–Trinajstić information content (AvgIpc) is 2.53. The number of benzene rings is 1. The molecule has 0 unspecified atom stereocenters. The van der Waals surface area contributed by atoms with Crippen molar-refractivity contribution in [2.75, 3.05) is 7.11 Å². The zero-order valence-electron chi connectivity index (χ0n) is 9.02. The van der Waals surface area contributed by atoms with Crippen LogP contribution in [-0.2, 0) is 0 Å². The number of H-pyrrole nitrogens is 1. The number of hydrogen-bond acceptors (Lipinski definition) is 3. The number of nitrogens with one attached hydrogen (secondary N) is 1. The van der Waals surface area contributed by atoms with Gasteiger partial charge in [0, 0.05) is 0 Å². The highest BCUT2D eigenvalue weighted by Crippen LogP contribution is 2.25. The van der Waals surface area contributed by atoms with Gasteiger partial charge in [-0.15, -0.1) is 0 Å². The third kappa shape index (κ3) is 1.46. The molecule has 0 fully saturated rings. The Morgan fingerprint density at radius 2 is 2.06 bits per heavy atom. The molecule has 1 heterocycles. The van der Waals surface area contributed by atoms with Crippen LogP contribution in [0, 0.1) is 6.92 Å². The summed E-state index contributed by atoms with van der Waals surface area (Å²) in [6.45, 7) is 1.63. The maximum absolute atomic E-state index is 11.6. The maximum atomic E-state index is 11.6. The molecule has 0 aliphatic rings. The molecule has 0 amide bonds. The second-order valence-electron chi connectivity index (χ2n) is 3.39. The van der Waals surface area contributed by atoms with Crippen LogP contribution in [0.5, 0.6) is 11.6 Å². The van der Waals surface area contributed by atoms with E-state index in [4.69, 9.17) is 4.74 Å². The summed E-state index contributed by atoms with van der Waals surface area (Å²) in [4.78, 5) is 14.1. The van der Waals surface area contributed by atoms with Crippen molar-refractivity contribution in [2.45, 2.75) is 6.92 Å². The van der Waals surface area contributed by atoms with Gasteiger partial charge in [0.05, 0.1) is 18.5 Å². The van der Waals surface area contributed by atoms with Crippen LogP contribution < -0.4 is 10.4 Å². The lowest BCUT2D eigenvalue weighted by atomic mass is 10.3. The lowest BCUT2D eigenvalue weighted by Gasteiger charge is -2.08. The molecule has 84 valence electrons. The first kappa shape index (κ1) is 10.4. The second kappa shape index (κ2) is 3.77. The van der Waals surface area contributed by atoms with Gasteiger partial charge in [-0.1, -0.05) is 12.1 Å². The van der Waals surface area contributed by atoms with Crippen LogP contribution in [0.2, 0.25) is 0 Å². The lowest BCUT2D eigenvalue weighted by molar-refractivity contribution is 0.404. The number of aromatic amines is 1. The van der Waals surface area contributed by atoms with E-state index in [-0.39, 0.29) is 11.6 Å². The van der Waals surface area contributed by atoms with Crippen molar-refractivity contribution in [3.63, 3.8) is 0 Å². The van der Waals surface area contributed by atoms with Crippen molar-refractivity contribution in [1.29, 1.82) is 0 Å². The third-order valence-electron chi connectivity index (χ3n) is 2.37. The molecule has 2 aromatic rings. The molecule has 0 atom stereocenters. The molecular formula is C11H12N2O3. The predicted molar refractivity (Wildman–Crippen MR) is 59.3 cm³/mol. The zero-order valence-corrected chi connectivity index (χ0v) is 9.02. The topological polar surface area (TPSA) is 67.2 Å². The third-order valence-corrected chi connectivity index (χ3v) is 2.37. The van der Waals surface area contributed by atoms with Crippen LogP contribution in [-0.4, -0.2) is 21.8 Å². The molecule has 5 heteroatoms. The van der Waals surface area contributed by atoms with Gasteiger partial charge in [0.25, 0.3) is 0 Å². The van der Waals surface area contributed by atoms with Crippen LogP contribution in [0.25, 0.3) is 5.69 Å². The highest BCUT2D eigenvalue weighted by molar-refractivity contribution is 5.49. The minimum atomic E-state index is -0.389. The number of aromatic nitrogens is 2. The minimum absolute atomic E-state index is 0.102. The fourth-order valence-electron chi connectivity index (χ4n) is 1.57. The lowest BCUT2D eigenvalue weighted by Crippen LogP contribution is -2.15. The first-order chi connectivity index (χ1) is 7.65. The average molecular weight is 220 g/mol. The van der Waals surface area contributed by atoms with E-state index < -0.39 is 0 Å². The Kier molecular flexibility index (Phi) is 2.44. The number of methoxy groups -OCH3 is 1. The smallest absolute Gasteiger partial charge is 0.333 e. The second-order valence-corrected chi connectivity index (χ2v) is 3.39. The fourth-order valence-corrected chi connectivity index (χ4v) is 1.57. The van der Waals surface area contributed by atoms with Crippen molar-refractivity contribution in [3.05, 3.63) is 40.4 Å². The molecule has 16 heavy (non-hydrogen) atoms. The number of ether oxygens (including phenoxy) is 1. The summed E-state index contributed by atoms with van der Waals surface area (Å²) in [7, 11) is 1.51. The van der Waals surface area contributed by atoms with E-state index in [0.717, 1.165) is 0 Å². The molecule has 1 aromatic heterocycles. The standard InChI is InChI=1S/C11H12N2O3/c1-7-10(14)13(11(15)12-7)8-5-3-4-6-9(8)16-2/h3-6,14H,1-2H3,(H,12,15). The van der Waals surface area contributed by atoms with Gasteiger partial charge in [0.2, 0.25) is 5.88 Å². The number of aryl methyl sites for hydroxylation is 1. The normalized spacial score (nSPS) is 10.4. The Bertz CT molecular complexity index is 569. The molecule has 0 spiro atoms. The van der Waals surface area contributed by atoms with Crippen LogP contribution in [0.15, 0.2) is 29.1 Å². The number of para-hydroxylation sites is 2. The molecule has 0 aliphatic carbocycles. The summed E-state index contributed by atoms with van der Waals surface area (Å²) in [6.07, 6.45) is 0. The van der Waals surface area contributed by atoms with E-state index in [2.05, 4.69) is 4.98 Å². The van der Waals surface area contributed by atoms with E-state index in [1.165, 1.54) is 11.7 Å². The Morgan fingerprint density at radius 3 is 2.62 bits per heavy atom. The van der Waals surface area contributed by atoms with Gasteiger partial charge in [-0.3, -0.25) is 0 Å². The van der Waals surface area contributed by atoms with Crippen LogP contribution in [0.3, 0.4) is 0 Å². The van der Waals surface area contributed by atoms with Crippen molar-refractivity contribution in [1.82, 2.24) is 9.55 Å². The van der Waals surface area contributed by atoms with Gasteiger partial charge in [0.15, 0.2) is 0 Å². The summed E-state index contributed by atoms with van der Waals surface area (Å²) in [5.74, 6) is 0.424. The van der Waals surface area contributed by atoms with Crippen LogP contribution in [0.4, 0.5) is 0 Å². The van der Waals surface area contributed by atoms with Crippen molar-refractivity contribution in [3.8, 4) is 17.3 Å². The molecule has 0 saturated heterocycles. The molecule has 0 bridgehead atoms. The van der Waals surface area contributed by atoms with Crippen LogP contribution in [0.1, 0.15) is 5.69 Å². The predicted octanol–water partition coefficient (Wildman–Crippen LogP) is 1.19. The summed E-state index contributed by atoms with van der Waals surface area (Å²) in [5.41, 5.74) is 0.548. The van der Waals surface area contributed by atoms with Gasteiger partial charge < -0.3 is 14.8 Å². The Hall–Kier alpha value is -2.17. The SMILES string of the molecule is COc1ccccc1-n1c(O)c(C)[nH]c1=O. The van der Waals surface area contributed by atoms with Gasteiger partial charge in [-0.2, -0.15) is 0 Å². The summed E-state index contributed by atoms with van der Waals surface area (Å²) in [5, 5.41) is 9.77. The van der Waals surface area contributed by atoms with Gasteiger partial charge in [0.1, 0.15) is 5.75 Å². The monoisotopic (exact) mass is 220 g/mol. The highest BCUT2D eigenvalue weighted by atomic mass is 16.5. The molecule has 1 aromatic carbocycles. The Labute approximate surface area is 91.9 Å². The highest BCUT2D eigenvalue weighted by Gasteiger charge is 2.14. The summed E-state index contributed by atoms with van der Waals surface area (Å²) >= 11 is 0. The molecule has 0 radical (unpaired) electrons. The molecule has 5 nitrogen and oxygen atoms in total. The number of hydrogen-bond donors (Lipinski definition) is 2. The zero-order chi connectivity index (χ0) is 11.7. The van der Waals surface area contributed by atoms with E-state index in [9.17, 15) is 9.90 Å². The van der Waals surface area contributed by atoms with Crippen molar-refractivity contribution < 1.29 is 9.84 Å². The molecule has 0 saturated carbocycles. The Balaban J connectivity index is 2.72. The maximum Gasteiger partial charge on any atom is 0.333 e. The van der Waals surface area contributed by atoms with Gasteiger partial charge in [-0.05, 0) is 19.1 Å². The van der Waals surface area contributed by atoms with Crippen molar-refractivity contribution >= 4 is 0 Å². The number of nitrogens with zero attached hydrogens (tertiary/aromatic N) is 1. The molecular weight excluding hydrogens is 208 g/mol. The fraction of sp³-hybridized carbons (Fsp3) is 0.182. The molecule has 2 N–H and O–H groups in total. The summed E-state index contributed by atoms with van der Waals surface area (Å²) < 4.78 is 6.31. The van der Waals surface area contributed by atoms with E-state index in [0.29, 0.717) is 17.1 Å². The van der Waals surface area contributed by atoms with Crippen molar-refractivity contribution in [2.24, 2.45) is 0 Å². The summed E-state index contributed by atoms with van der Waals surface area (Å²) in [6, 6.07) is 6.99. The van der Waals surface area contributed by atoms with E-state index in [1.807, 2.05) is 0 Å². The quantitative estimate of drug-likeness (QED) is 0.798. The van der Waals surface area contributed by atoms with Gasteiger partial charge in [-0.25, -0.2) is 9.36 Å². The molecule has 0 aliphatic heterocycles. The van der Waals surface area contributed by atoms with Crippen LogP contribution >= 0.6 is 0 Å². The molecule has 2 rings (SSSR count). The van der Waals surface area contributed by atoms with Gasteiger partial charge >= 0.3 is 5.69 Å². The van der Waals surface area contributed by atoms with E-state index in [1.54, 1.807) is 31.2 Å².